The largest absolute Gasteiger partial charge is 0.221 e. The van der Waals surface area contributed by atoms with Crippen LogP contribution in [0.4, 0.5) is 0 Å². The predicted octanol–water partition coefficient (Wildman–Crippen LogP) is 2.64. The molecule has 2 aromatic rings. The molecule has 2 heterocycles. The number of aryl methyl sites for hydroxylation is 1. The summed E-state index contributed by atoms with van der Waals surface area (Å²) in [5.74, 6) is 0.675. The summed E-state index contributed by atoms with van der Waals surface area (Å²) in [5.41, 5.74) is 1.19. The SMILES string of the molecule is Clc1ccc(-n2cc(CCCBr)cn2)nn1. The van der Waals surface area contributed by atoms with Gasteiger partial charge in [-0.15, -0.1) is 10.2 Å². The number of nitrogens with zero attached hydrogens (tertiary/aromatic N) is 4. The topological polar surface area (TPSA) is 43.6 Å². The van der Waals surface area contributed by atoms with E-state index in [4.69, 9.17) is 11.6 Å². The minimum absolute atomic E-state index is 0.385. The van der Waals surface area contributed by atoms with Crippen LogP contribution >= 0.6 is 27.5 Å². The van der Waals surface area contributed by atoms with Crippen LogP contribution < -0.4 is 0 Å². The van der Waals surface area contributed by atoms with Gasteiger partial charge in [-0.1, -0.05) is 27.5 Å². The highest BCUT2D eigenvalue weighted by molar-refractivity contribution is 9.09. The van der Waals surface area contributed by atoms with Crippen LogP contribution in [0.25, 0.3) is 5.82 Å². The van der Waals surface area contributed by atoms with Crippen molar-refractivity contribution >= 4 is 27.5 Å². The van der Waals surface area contributed by atoms with Gasteiger partial charge in [0.15, 0.2) is 11.0 Å². The third kappa shape index (κ3) is 2.80. The Kier molecular flexibility index (Phi) is 3.90. The summed E-state index contributed by atoms with van der Waals surface area (Å²) in [6.45, 7) is 0. The third-order valence-corrected chi connectivity index (χ3v) is 2.85. The maximum absolute atomic E-state index is 5.66. The van der Waals surface area contributed by atoms with Crippen LogP contribution in [0.3, 0.4) is 0 Å². The van der Waals surface area contributed by atoms with Gasteiger partial charge in [0.1, 0.15) is 0 Å². The van der Waals surface area contributed by atoms with Crippen LogP contribution in [-0.2, 0) is 6.42 Å². The monoisotopic (exact) mass is 300 g/mol. The molecule has 0 atom stereocenters. The summed E-state index contributed by atoms with van der Waals surface area (Å²) < 4.78 is 1.70. The molecule has 0 fully saturated rings. The fourth-order valence-corrected chi connectivity index (χ4v) is 1.70. The van der Waals surface area contributed by atoms with E-state index in [2.05, 4.69) is 31.2 Å². The first-order chi connectivity index (χ1) is 7.79. The molecule has 2 rings (SSSR count). The van der Waals surface area contributed by atoms with Crippen molar-refractivity contribution in [1.82, 2.24) is 20.0 Å². The van der Waals surface area contributed by atoms with Gasteiger partial charge < -0.3 is 0 Å². The number of hydrogen-bond acceptors (Lipinski definition) is 3. The van der Waals surface area contributed by atoms with Gasteiger partial charge in [-0.25, -0.2) is 4.68 Å². The van der Waals surface area contributed by atoms with Crippen molar-refractivity contribution in [3.05, 3.63) is 35.2 Å². The molecule has 0 spiro atoms. The fourth-order valence-electron chi connectivity index (χ4n) is 1.32. The molecule has 2 aromatic heterocycles. The maximum Gasteiger partial charge on any atom is 0.175 e. The van der Waals surface area contributed by atoms with Crippen molar-refractivity contribution < 1.29 is 0 Å². The van der Waals surface area contributed by atoms with E-state index in [9.17, 15) is 0 Å². The average Bonchev–Trinajstić information content (AvgIpc) is 2.76. The normalized spacial score (nSPS) is 10.6. The highest BCUT2D eigenvalue weighted by Gasteiger charge is 2.02. The maximum atomic E-state index is 5.66. The molecule has 0 radical (unpaired) electrons. The van der Waals surface area contributed by atoms with E-state index in [0.29, 0.717) is 11.0 Å². The molecule has 6 heteroatoms. The molecule has 0 saturated carbocycles. The number of rotatable bonds is 4. The molecular weight excluding hydrogens is 291 g/mol. The Morgan fingerprint density at radius 2 is 2.19 bits per heavy atom. The highest BCUT2D eigenvalue weighted by atomic mass is 79.9. The quantitative estimate of drug-likeness (QED) is 0.815. The van der Waals surface area contributed by atoms with Gasteiger partial charge in [-0.05, 0) is 30.5 Å². The standard InChI is InChI=1S/C10H10BrClN4/c11-5-1-2-8-6-13-16(7-8)10-4-3-9(12)14-15-10/h3-4,6-7H,1-2,5H2. The molecule has 0 saturated heterocycles. The van der Waals surface area contributed by atoms with Crippen LogP contribution in [0.2, 0.25) is 5.15 Å². The zero-order chi connectivity index (χ0) is 11.4. The molecule has 0 aliphatic carbocycles. The summed E-state index contributed by atoms with van der Waals surface area (Å²) in [5, 5.41) is 13.3. The predicted molar refractivity (Wildman–Crippen MR) is 66.3 cm³/mol. The number of alkyl halides is 1. The second-order valence-corrected chi connectivity index (χ2v) is 4.48. The lowest BCUT2D eigenvalue weighted by Crippen LogP contribution is -1.98. The first-order valence-electron chi connectivity index (χ1n) is 4.89. The van der Waals surface area contributed by atoms with Gasteiger partial charge in [0.05, 0.1) is 6.20 Å². The van der Waals surface area contributed by atoms with E-state index in [1.54, 1.807) is 16.8 Å². The van der Waals surface area contributed by atoms with E-state index in [1.807, 2.05) is 12.4 Å². The Balaban J connectivity index is 2.15. The Bertz CT molecular complexity index is 454. The van der Waals surface area contributed by atoms with Gasteiger partial charge in [0.2, 0.25) is 0 Å². The van der Waals surface area contributed by atoms with E-state index in [1.165, 1.54) is 5.56 Å². The van der Waals surface area contributed by atoms with E-state index < -0.39 is 0 Å². The first-order valence-corrected chi connectivity index (χ1v) is 6.38. The van der Waals surface area contributed by atoms with Crippen molar-refractivity contribution in [2.45, 2.75) is 12.8 Å². The van der Waals surface area contributed by atoms with E-state index in [-0.39, 0.29) is 0 Å². The van der Waals surface area contributed by atoms with Crippen LogP contribution in [0.1, 0.15) is 12.0 Å². The Morgan fingerprint density at radius 1 is 1.31 bits per heavy atom. The second kappa shape index (κ2) is 5.41. The molecule has 0 unspecified atom stereocenters. The minimum Gasteiger partial charge on any atom is -0.221 e. The van der Waals surface area contributed by atoms with Gasteiger partial charge in [0.25, 0.3) is 0 Å². The van der Waals surface area contributed by atoms with E-state index >= 15 is 0 Å². The average molecular weight is 302 g/mol. The number of hydrogen-bond donors (Lipinski definition) is 0. The van der Waals surface area contributed by atoms with Crippen molar-refractivity contribution in [1.29, 1.82) is 0 Å². The molecule has 16 heavy (non-hydrogen) atoms. The Morgan fingerprint density at radius 3 is 2.88 bits per heavy atom. The summed E-state index contributed by atoms with van der Waals surface area (Å²) in [7, 11) is 0. The fraction of sp³-hybridized carbons (Fsp3) is 0.300. The summed E-state index contributed by atoms with van der Waals surface area (Å²) in [4.78, 5) is 0. The Hall–Kier alpha value is -0.940. The van der Waals surface area contributed by atoms with Crippen LogP contribution in [0.15, 0.2) is 24.5 Å². The zero-order valence-corrected chi connectivity index (χ0v) is 10.8. The number of halogens is 2. The van der Waals surface area contributed by atoms with Gasteiger partial charge in [0, 0.05) is 11.5 Å². The molecule has 0 amide bonds. The molecule has 0 aliphatic rings. The molecule has 0 bridgehead atoms. The van der Waals surface area contributed by atoms with Crippen LogP contribution in [0.5, 0.6) is 0 Å². The first kappa shape index (κ1) is 11.5. The molecule has 4 nitrogen and oxygen atoms in total. The second-order valence-electron chi connectivity index (χ2n) is 3.30. The highest BCUT2D eigenvalue weighted by Crippen LogP contribution is 2.09. The Labute approximate surface area is 107 Å². The van der Waals surface area contributed by atoms with Gasteiger partial charge >= 0.3 is 0 Å². The summed E-state index contributed by atoms with van der Waals surface area (Å²) in [6, 6.07) is 3.49. The lowest BCUT2D eigenvalue weighted by Gasteiger charge is -1.97. The third-order valence-electron chi connectivity index (χ3n) is 2.09. The minimum atomic E-state index is 0.385. The van der Waals surface area contributed by atoms with Crippen molar-refractivity contribution in [3.63, 3.8) is 0 Å². The van der Waals surface area contributed by atoms with Gasteiger partial charge in [-0.3, -0.25) is 0 Å². The molecular formula is C10H10BrClN4. The lowest BCUT2D eigenvalue weighted by molar-refractivity contribution is 0.813. The summed E-state index contributed by atoms with van der Waals surface area (Å²) in [6.07, 6.45) is 5.91. The molecule has 0 aromatic carbocycles. The molecule has 0 N–H and O–H groups in total. The van der Waals surface area contributed by atoms with Crippen LogP contribution in [-0.4, -0.2) is 25.3 Å². The van der Waals surface area contributed by atoms with Crippen molar-refractivity contribution in [3.8, 4) is 5.82 Å². The van der Waals surface area contributed by atoms with Crippen molar-refractivity contribution in [2.24, 2.45) is 0 Å². The molecule has 0 aliphatic heterocycles. The van der Waals surface area contributed by atoms with Gasteiger partial charge in [-0.2, -0.15) is 5.10 Å². The van der Waals surface area contributed by atoms with Crippen LogP contribution in [0, 0.1) is 0 Å². The molecule has 84 valence electrons. The number of aromatic nitrogens is 4. The van der Waals surface area contributed by atoms with E-state index in [0.717, 1.165) is 18.2 Å². The summed E-state index contributed by atoms with van der Waals surface area (Å²) >= 11 is 9.07. The van der Waals surface area contributed by atoms with Crippen molar-refractivity contribution in [2.75, 3.05) is 5.33 Å². The lowest BCUT2D eigenvalue weighted by atomic mass is 10.2. The zero-order valence-electron chi connectivity index (χ0n) is 8.48. The smallest absolute Gasteiger partial charge is 0.175 e.